The van der Waals surface area contributed by atoms with Crippen molar-refractivity contribution in [2.45, 2.75) is 32.6 Å². The van der Waals surface area contributed by atoms with Crippen LogP contribution in [-0.2, 0) is 25.5 Å². The number of nitrogens with one attached hydrogen (secondary N) is 2. The predicted octanol–water partition coefficient (Wildman–Crippen LogP) is 4.46. The Morgan fingerprint density at radius 1 is 1.13 bits per heavy atom. The average Bonchev–Trinajstić information content (AvgIpc) is 3.34. The predicted molar refractivity (Wildman–Crippen MR) is 148 cm³/mol. The summed E-state index contributed by atoms with van der Waals surface area (Å²) in [7, 11) is 1.26. The molecule has 3 aromatic rings. The van der Waals surface area contributed by atoms with E-state index in [0.29, 0.717) is 29.9 Å². The van der Waals surface area contributed by atoms with Gasteiger partial charge < -0.3 is 19.8 Å². The van der Waals surface area contributed by atoms with Crippen LogP contribution in [0.5, 0.6) is 0 Å². The molecule has 4 rings (SSSR count). The standard InChI is InChI=1S/C29H32N4O6/c1-18-25(28(34)38-3)27(20-8-6-9-22(16-20)33(36)37)26(19(2)32-18)29(35)39-15-7-13-30-14-12-21-17-31-24-11-5-4-10-23(21)24/h4-6,8-11,16-17,25,27,30-31H,7,12-15H2,1-3H3. The van der Waals surface area contributed by atoms with E-state index in [1.165, 1.54) is 36.3 Å². The minimum absolute atomic E-state index is 0.139. The summed E-state index contributed by atoms with van der Waals surface area (Å²) in [5.41, 5.74) is 3.73. The molecule has 204 valence electrons. The molecule has 0 bridgehead atoms. The number of esters is 2. The topological polar surface area (TPSA) is 136 Å². The number of carbonyl (C=O) groups is 2. The maximum atomic E-state index is 13.3. The lowest BCUT2D eigenvalue weighted by Crippen LogP contribution is -2.36. The molecule has 0 saturated carbocycles. The van der Waals surface area contributed by atoms with Crippen molar-refractivity contribution in [1.82, 2.24) is 10.3 Å². The van der Waals surface area contributed by atoms with Gasteiger partial charge in [0.05, 0.1) is 24.2 Å². The normalized spacial score (nSPS) is 17.2. The number of benzene rings is 2. The molecule has 2 unspecified atom stereocenters. The van der Waals surface area contributed by atoms with Gasteiger partial charge in [-0.3, -0.25) is 19.9 Å². The molecule has 0 spiro atoms. The van der Waals surface area contributed by atoms with Crippen LogP contribution >= 0.6 is 0 Å². The fourth-order valence-electron chi connectivity index (χ4n) is 5.05. The van der Waals surface area contributed by atoms with Gasteiger partial charge >= 0.3 is 11.9 Å². The molecule has 2 heterocycles. The zero-order chi connectivity index (χ0) is 27.9. The second-order valence-electron chi connectivity index (χ2n) is 9.43. The molecule has 1 aromatic heterocycles. The summed E-state index contributed by atoms with van der Waals surface area (Å²) in [4.78, 5) is 44.6. The van der Waals surface area contributed by atoms with Crippen molar-refractivity contribution in [1.29, 1.82) is 0 Å². The first-order valence-corrected chi connectivity index (χ1v) is 12.8. The minimum Gasteiger partial charge on any atom is -0.468 e. The fraction of sp³-hybridized carbons (Fsp3) is 0.345. The molecule has 10 nitrogen and oxygen atoms in total. The van der Waals surface area contributed by atoms with Crippen molar-refractivity contribution >= 4 is 34.2 Å². The highest BCUT2D eigenvalue weighted by Gasteiger charge is 2.42. The third-order valence-electron chi connectivity index (χ3n) is 6.92. The number of nitro benzene ring substituents is 1. The lowest BCUT2D eigenvalue weighted by molar-refractivity contribution is -0.384. The molecule has 0 radical (unpaired) electrons. The van der Waals surface area contributed by atoms with Crippen molar-refractivity contribution in [3.05, 3.63) is 87.2 Å². The van der Waals surface area contributed by atoms with Gasteiger partial charge in [-0.25, -0.2) is 4.79 Å². The Kier molecular flexibility index (Phi) is 8.88. The number of nitro groups is 1. The van der Waals surface area contributed by atoms with Crippen LogP contribution in [0.3, 0.4) is 0 Å². The summed E-state index contributed by atoms with van der Waals surface area (Å²) in [6.07, 6.45) is 3.49. The van der Waals surface area contributed by atoms with E-state index in [0.717, 1.165) is 18.5 Å². The molecular weight excluding hydrogens is 500 g/mol. The number of aromatic amines is 1. The number of aliphatic imine (C=N–C) groups is 1. The number of aromatic nitrogens is 1. The molecule has 2 aromatic carbocycles. The first kappa shape index (κ1) is 27.7. The number of para-hydroxylation sites is 1. The summed E-state index contributed by atoms with van der Waals surface area (Å²) < 4.78 is 10.6. The monoisotopic (exact) mass is 532 g/mol. The first-order chi connectivity index (χ1) is 18.8. The number of H-pyrrole nitrogens is 1. The zero-order valence-corrected chi connectivity index (χ0v) is 22.2. The van der Waals surface area contributed by atoms with E-state index in [1.807, 2.05) is 24.4 Å². The molecule has 2 atom stereocenters. The summed E-state index contributed by atoms with van der Waals surface area (Å²) in [5.74, 6) is -2.91. The van der Waals surface area contributed by atoms with E-state index in [1.54, 1.807) is 19.9 Å². The number of carbonyl (C=O) groups excluding carboxylic acids is 2. The van der Waals surface area contributed by atoms with Crippen molar-refractivity contribution in [3.63, 3.8) is 0 Å². The Bertz CT molecular complexity index is 1440. The van der Waals surface area contributed by atoms with Crippen molar-refractivity contribution in [3.8, 4) is 0 Å². The Hall–Kier alpha value is -4.31. The Labute approximate surface area is 226 Å². The van der Waals surface area contributed by atoms with E-state index in [4.69, 9.17) is 9.47 Å². The molecule has 10 heteroatoms. The van der Waals surface area contributed by atoms with E-state index in [2.05, 4.69) is 21.4 Å². The van der Waals surface area contributed by atoms with E-state index in [9.17, 15) is 19.7 Å². The highest BCUT2D eigenvalue weighted by molar-refractivity contribution is 6.07. The molecule has 39 heavy (non-hydrogen) atoms. The van der Waals surface area contributed by atoms with Crippen LogP contribution in [0, 0.1) is 16.0 Å². The number of hydrogen-bond donors (Lipinski definition) is 2. The third kappa shape index (κ3) is 6.23. The van der Waals surface area contributed by atoms with Gasteiger partial charge in [-0.15, -0.1) is 0 Å². The van der Waals surface area contributed by atoms with Crippen LogP contribution in [0.1, 0.15) is 37.3 Å². The largest absolute Gasteiger partial charge is 0.468 e. The van der Waals surface area contributed by atoms with Gasteiger partial charge in [0.15, 0.2) is 0 Å². The Balaban J connectivity index is 1.39. The number of ether oxygens (including phenoxy) is 2. The minimum atomic E-state index is -0.908. The molecule has 0 aliphatic carbocycles. The number of hydrogen-bond acceptors (Lipinski definition) is 8. The number of rotatable bonds is 11. The number of methoxy groups -OCH3 is 1. The van der Waals surface area contributed by atoms with E-state index in [-0.39, 0.29) is 17.9 Å². The van der Waals surface area contributed by atoms with Crippen LogP contribution in [0.4, 0.5) is 5.69 Å². The van der Waals surface area contributed by atoms with Gasteiger partial charge in [-0.1, -0.05) is 30.3 Å². The lowest BCUT2D eigenvalue weighted by Gasteiger charge is -2.31. The third-order valence-corrected chi connectivity index (χ3v) is 6.92. The summed E-state index contributed by atoms with van der Waals surface area (Å²) in [6.45, 7) is 4.96. The lowest BCUT2D eigenvalue weighted by atomic mass is 9.75. The first-order valence-electron chi connectivity index (χ1n) is 12.8. The van der Waals surface area contributed by atoms with Crippen LogP contribution in [-0.4, -0.2) is 54.4 Å². The van der Waals surface area contributed by atoms with Gasteiger partial charge in [-0.05, 0) is 57.0 Å². The zero-order valence-electron chi connectivity index (χ0n) is 22.2. The maximum absolute atomic E-state index is 13.3. The molecule has 1 aliphatic heterocycles. The van der Waals surface area contributed by atoms with E-state index >= 15 is 0 Å². The van der Waals surface area contributed by atoms with Gasteiger partial charge in [0.1, 0.15) is 5.92 Å². The molecule has 0 amide bonds. The van der Waals surface area contributed by atoms with Crippen LogP contribution in [0.15, 0.2) is 71.0 Å². The second-order valence-corrected chi connectivity index (χ2v) is 9.43. The van der Waals surface area contributed by atoms with E-state index < -0.39 is 28.7 Å². The molecule has 1 aliphatic rings. The number of non-ortho nitro benzene ring substituents is 1. The maximum Gasteiger partial charge on any atom is 0.336 e. The number of fused-ring (bicyclic) bond motifs is 1. The number of allylic oxidation sites excluding steroid dienone is 1. The van der Waals surface area contributed by atoms with Gasteiger partial charge in [0.25, 0.3) is 5.69 Å². The SMILES string of the molecule is COC(=O)C1C(C)=NC(C)=C(C(=O)OCCCNCCc2c[nH]c3ccccc23)C1c1cccc([N+](=O)[O-])c1. The van der Waals surface area contributed by atoms with Crippen molar-refractivity contribution in [2.24, 2.45) is 10.9 Å². The van der Waals surface area contributed by atoms with Crippen molar-refractivity contribution in [2.75, 3.05) is 26.8 Å². The van der Waals surface area contributed by atoms with Crippen LogP contribution in [0.2, 0.25) is 0 Å². The van der Waals surface area contributed by atoms with Crippen molar-refractivity contribution < 1.29 is 24.0 Å². The smallest absolute Gasteiger partial charge is 0.336 e. The molecule has 2 N–H and O–H groups in total. The van der Waals surface area contributed by atoms with Gasteiger partial charge in [0, 0.05) is 46.6 Å². The van der Waals surface area contributed by atoms with Gasteiger partial charge in [-0.2, -0.15) is 0 Å². The van der Waals surface area contributed by atoms with Gasteiger partial charge in [0.2, 0.25) is 0 Å². The Morgan fingerprint density at radius 3 is 2.69 bits per heavy atom. The molecule has 0 fully saturated rings. The summed E-state index contributed by atoms with van der Waals surface area (Å²) >= 11 is 0. The number of nitrogens with zero attached hydrogens (tertiary/aromatic N) is 2. The van der Waals surface area contributed by atoms with Crippen LogP contribution < -0.4 is 5.32 Å². The highest BCUT2D eigenvalue weighted by atomic mass is 16.6. The Morgan fingerprint density at radius 2 is 1.92 bits per heavy atom. The second kappa shape index (κ2) is 12.5. The fourth-order valence-corrected chi connectivity index (χ4v) is 5.05. The summed E-state index contributed by atoms with van der Waals surface area (Å²) in [5, 5.41) is 16.0. The molecular formula is C29H32N4O6. The summed E-state index contributed by atoms with van der Waals surface area (Å²) in [6, 6.07) is 14.1. The average molecular weight is 533 g/mol. The highest BCUT2D eigenvalue weighted by Crippen LogP contribution is 2.40. The quantitative estimate of drug-likeness (QED) is 0.161. The molecule has 0 saturated heterocycles. The van der Waals surface area contributed by atoms with Crippen LogP contribution in [0.25, 0.3) is 10.9 Å².